The van der Waals surface area contributed by atoms with Crippen molar-refractivity contribution >= 4 is 11.8 Å². The maximum atomic E-state index is 5.79. The van der Waals surface area contributed by atoms with Gasteiger partial charge in [0.1, 0.15) is 0 Å². The van der Waals surface area contributed by atoms with E-state index in [4.69, 9.17) is 5.84 Å². The van der Waals surface area contributed by atoms with Gasteiger partial charge >= 0.3 is 0 Å². The van der Waals surface area contributed by atoms with Crippen LogP contribution < -0.4 is 11.3 Å². The summed E-state index contributed by atoms with van der Waals surface area (Å²) >= 11 is 2.08. The van der Waals surface area contributed by atoms with E-state index in [1.54, 1.807) is 0 Å². The van der Waals surface area contributed by atoms with E-state index in [1.165, 1.54) is 47.5 Å². The Morgan fingerprint density at radius 3 is 2.72 bits per heavy atom. The second-order valence-electron chi connectivity index (χ2n) is 5.30. The van der Waals surface area contributed by atoms with Crippen molar-refractivity contribution in [2.75, 3.05) is 11.5 Å². The lowest BCUT2D eigenvalue weighted by atomic mass is 9.88. The minimum absolute atomic E-state index is 0.304. The third-order valence-electron chi connectivity index (χ3n) is 4.13. The first-order chi connectivity index (χ1) is 8.72. The van der Waals surface area contributed by atoms with Crippen LogP contribution in [0.4, 0.5) is 0 Å². The molecular weight excluding hydrogens is 240 g/mol. The van der Waals surface area contributed by atoms with Crippen LogP contribution in [0.25, 0.3) is 0 Å². The molecule has 2 rings (SSSR count). The molecular formula is C15H24N2S. The van der Waals surface area contributed by atoms with E-state index in [1.807, 2.05) is 0 Å². The fourth-order valence-electron chi connectivity index (χ4n) is 2.75. The van der Waals surface area contributed by atoms with Crippen LogP contribution in [-0.4, -0.2) is 11.5 Å². The zero-order valence-electron chi connectivity index (χ0n) is 11.4. The van der Waals surface area contributed by atoms with Gasteiger partial charge in [0.05, 0.1) is 0 Å². The molecule has 1 aliphatic rings. The second kappa shape index (κ2) is 6.60. The third kappa shape index (κ3) is 3.28. The molecule has 2 nitrogen and oxygen atoms in total. The number of benzene rings is 1. The lowest BCUT2D eigenvalue weighted by Crippen LogP contribution is -2.31. The Labute approximate surface area is 115 Å². The molecule has 1 saturated heterocycles. The summed E-state index contributed by atoms with van der Waals surface area (Å²) in [4.78, 5) is 0. The smallest absolute Gasteiger partial charge is 0.0465 e. The Bertz CT molecular complexity index is 386. The maximum absolute atomic E-state index is 5.79. The van der Waals surface area contributed by atoms with Gasteiger partial charge in [-0.3, -0.25) is 11.3 Å². The van der Waals surface area contributed by atoms with Gasteiger partial charge in [-0.2, -0.15) is 11.8 Å². The van der Waals surface area contributed by atoms with E-state index in [0.717, 1.165) is 5.92 Å². The molecule has 1 heterocycles. The zero-order valence-corrected chi connectivity index (χ0v) is 12.2. The molecule has 18 heavy (non-hydrogen) atoms. The van der Waals surface area contributed by atoms with Gasteiger partial charge in [-0.05, 0) is 67.2 Å². The van der Waals surface area contributed by atoms with Gasteiger partial charge in [0.25, 0.3) is 0 Å². The summed E-state index contributed by atoms with van der Waals surface area (Å²) in [6, 6.07) is 6.82. The molecule has 0 bridgehead atoms. The molecule has 1 fully saturated rings. The number of nitrogens with two attached hydrogens (primary N) is 1. The van der Waals surface area contributed by atoms with Gasteiger partial charge in [-0.15, -0.1) is 0 Å². The summed E-state index contributed by atoms with van der Waals surface area (Å²) in [7, 11) is 0. The molecule has 3 N–H and O–H groups in total. The SMILES string of the molecule is Cc1cccc(C(CC2CCSCC2)NN)c1C. The molecule has 0 spiro atoms. The standard InChI is InChI=1S/C15H24N2S/c1-11-4-3-5-14(12(11)2)15(17-16)10-13-6-8-18-9-7-13/h3-5,13,15,17H,6-10,16H2,1-2H3. The molecule has 0 aliphatic carbocycles. The van der Waals surface area contributed by atoms with Gasteiger partial charge in [0.15, 0.2) is 0 Å². The lowest BCUT2D eigenvalue weighted by Gasteiger charge is -2.27. The molecule has 0 saturated carbocycles. The molecule has 1 unspecified atom stereocenters. The number of hydrogen-bond acceptors (Lipinski definition) is 3. The summed E-state index contributed by atoms with van der Waals surface area (Å²) in [6.45, 7) is 4.37. The molecule has 1 aliphatic heterocycles. The lowest BCUT2D eigenvalue weighted by molar-refractivity contribution is 0.373. The van der Waals surface area contributed by atoms with Crippen LogP contribution in [0.1, 0.15) is 42.0 Å². The van der Waals surface area contributed by atoms with E-state index < -0.39 is 0 Å². The highest BCUT2D eigenvalue weighted by molar-refractivity contribution is 7.99. The Kier molecular flexibility index (Phi) is 5.10. The topological polar surface area (TPSA) is 38.0 Å². The van der Waals surface area contributed by atoms with E-state index in [-0.39, 0.29) is 0 Å². The molecule has 0 radical (unpaired) electrons. The van der Waals surface area contributed by atoms with Gasteiger partial charge in [0.2, 0.25) is 0 Å². The molecule has 1 aromatic rings. The van der Waals surface area contributed by atoms with Crippen molar-refractivity contribution in [1.82, 2.24) is 5.43 Å². The number of aryl methyl sites for hydroxylation is 1. The maximum Gasteiger partial charge on any atom is 0.0465 e. The predicted molar refractivity (Wildman–Crippen MR) is 80.6 cm³/mol. The quantitative estimate of drug-likeness (QED) is 0.647. The molecule has 3 heteroatoms. The van der Waals surface area contributed by atoms with Crippen molar-refractivity contribution in [3.05, 3.63) is 34.9 Å². The zero-order chi connectivity index (χ0) is 13.0. The van der Waals surface area contributed by atoms with E-state index in [9.17, 15) is 0 Å². The molecule has 0 amide bonds. The van der Waals surface area contributed by atoms with Crippen LogP contribution in [0.5, 0.6) is 0 Å². The molecule has 1 aromatic carbocycles. The Hall–Kier alpha value is -0.510. The monoisotopic (exact) mass is 264 g/mol. The fourth-order valence-corrected chi connectivity index (χ4v) is 3.96. The van der Waals surface area contributed by atoms with Gasteiger partial charge < -0.3 is 0 Å². The van der Waals surface area contributed by atoms with Crippen LogP contribution in [0.2, 0.25) is 0 Å². The minimum Gasteiger partial charge on any atom is -0.271 e. The Morgan fingerprint density at radius 2 is 2.06 bits per heavy atom. The first-order valence-electron chi connectivity index (χ1n) is 6.82. The highest BCUT2D eigenvalue weighted by atomic mass is 32.2. The summed E-state index contributed by atoms with van der Waals surface area (Å²) in [6.07, 6.45) is 3.85. The van der Waals surface area contributed by atoms with Crippen LogP contribution in [0, 0.1) is 19.8 Å². The summed E-state index contributed by atoms with van der Waals surface area (Å²) in [5.74, 6) is 9.24. The van der Waals surface area contributed by atoms with Gasteiger partial charge in [-0.25, -0.2) is 0 Å². The van der Waals surface area contributed by atoms with Crippen LogP contribution in [0.15, 0.2) is 18.2 Å². The third-order valence-corrected chi connectivity index (χ3v) is 5.18. The van der Waals surface area contributed by atoms with Crippen molar-refractivity contribution in [3.63, 3.8) is 0 Å². The Balaban J connectivity index is 2.09. The largest absolute Gasteiger partial charge is 0.271 e. The summed E-state index contributed by atoms with van der Waals surface area (Å²) in [5.41, 5.74) is 7.13. The number of hydrogen-bond donors (Lipinski definition) is 2. The van der Waals surface area contributed by atoms with Crippen molar-refractivity contribution in [2.24, 2.45) is 11.8 Å². The summed E-state index contributed by atoms with van der Waals surface area (Å²) in [5, 5.41) is 0. The fraction of sp³-hybridized carbons (Fsp3) is 0.600. The highest BCUT2D eigenvalue weighted by Crippen LogP contribution is 2.32. The average Bonchev–Trinajstić information content (AvgIpc) is 2.41. The van der Waals surface area contributed by atoms with Gasteiger partial charge in [0, 0.05) is 6.04 Å². The average molecular weight is 264 g/mol. The highest BCUT2D eigenvalue weighted by Gasteiger charge is 2.20. The van der Waals surface area contributed by atoms with Crippen molar-refractivity contribution in [3.8, 4) is 0 Å². The normalized spacial score (nSPS) is 18.8. The first-order valence-corrected chi connectivity index (χ1v) is 7.98. The number of nitrogens with one attached hydrogen (secondary N) is 1. The Morgan fingerprint density at radius 1 is 1.33 bits per heavy atom. The van der Waals surface area contributed by atoms with Crippen LogP contribution >= 0.6 is 11.8 Å². The van der Waals surface area contributed by atoms with E-state index in [2.05, 4.69) is 49.2 Å². The van der Waals surface area contributed by atoms with Crippen molar-refractivity contribution in [2.45, 2.75) is 39.2 Å². The van der Waals surface area contributed by atoms with E-state index in [0.29, 0.717) is 6.04 Å². The van der Waals surface area contributed by atoms with Crippen molar-refractivity contribution in [1.29, 1.82) is 0 Å². The molecule has 0 aromatic heterocycles. The minimum atomic E-state index is 0.304. The molecule has 100 valence electrons. The first kappa shape index (κ1) is 13.9. The van der Waals surface area contributed by atoms with Crippen LogP contribution in [0.3, 0.4) is 0 Å². The molecule has 1 atom stereocenters. The number of rotatable bonds is 4. The number of thioether (sulfide) groups is 1. The van der Waals surface area contributed by atoms with Gasteiger partial charge in [-0.1, -0.05) is 18.2 Å². The van der Waals surface area contributed by atoms with Crippen molar-refractivity contribution < 1.29 is 0 Å². The predicted octanol–water partition coefficient (Wildman–Crippen LogP) is 3.34. The number of hydrazine groups is 1. The van der Waals surface area contributed by atoms with Crippen LogP contribution in [-0.2, 0) is 0 Å². The van der Waals surface area contributed by atoms with E-state index >= 15 is 0 Å². The second-order valence-corrected chi connectivity index (χ2v) is 6.52. The summed E-state index contributed by atoms with van der Waals surface area (Å²) < 4.78 is 0.